The first-order valence-electron chi connectivity index (χ1n) is 7.23. The first kappa shape index (κ1) is 14.1. The zero-order valence-electron chi connectivity index (χ0n) is 12.3. The lowest BCUT2D eigenvalue weighted by molar-refractivity contribution is 0.131. The van der Waals surface area contributed by atoms with Crippen molar-refractivity contribution in [1.29, 1.82) is 0 Å². The smallest absolute Gasteiger partial charge is 0.258 e. The Morgan fingerprint density at radius 1 is 1.48 bits per heavy atom. The van der Waals surface area contributed by atoms with Gasteiger partial charge in [0, 0.05) is 24.6 Å². The maximum Gasteiger partial charge on any atom is 0.258 e. The van der Waals surface area contributed by atoms with E-state index in [-0.39, 0.29) is 12.3 Å². The zero-order valence-corrected chi connectivity index (χ0v) is 12.3. The Labute approximate surface area is 123 Å². The molecule has 21 heavy (non-hydrogen) atoms. The highest BCUT2D eigenvalue weighted by Gasteiger charge is 2.19. The molecule has 0 saturated heterocycles. The maximum atomic E-state index is 12.7. The van der Waals surface area contributed by atoms with Gasteiger partial charge in [-0.1, -0.05) is 12.1 Å². The predicted molar refractivity (Wildman–Crippen MR) is 82.7 cm³/mol. The number of methoxy groups -OCH3 is 1. The van der Waals surface area contributed by atoms with E-state index >= 15 is 0 Å². The predicted octanol–water partition coefficient (Wildman–Crippen LogP) is 2.02. The van der Waals surface area contributed by atoms with Crippen LogP contribution in [0.2, 0.25) is 0 Å². The Morgan fingerprint density at radius 2 is 2.29 bits per heavy atom. The summed E-state index contributed by atoms with van der Waals surface area (Å²) in [4.78, 5) is 12.7. The molecule has 0 amide bonds. The monoisotopic (exact) mass is 288 g/mol. The maximum absolute atomic E-state index is 12.7. The average Bonchev–Trinajstić information content (AvgIpc) is 2.51. The van der Waals surface area contributed by atoms with E-state index in [1.165, 1.54) is 0 Å². The Hall–Kier alpha value is -1.85. The Morgan fingerprint density at radius 3 is 3.00 bits per heavy atom. The summed E-state index contributed by atoms with van der Waals surface area (Å²) in [7, 11) is 1.58. The normalized spacial score (nSPS) is 15.6. The van der Waals surface area contributed by atoms with Gasteiger partial charge in [0.1, 0.15) is 6.73 Å². The van der Waals surface area contributed by atoms with Crippen LogP contribution in [0.4, 0.5) is 5.69 Å². The van der Waals surface area contributed by atoms with E-state index in [9.17, 15) is 9.90 Å². The summed E-state index contributed by atoms with van der Waals surface area (Å²) in [6.07, 6.45) is 1.19. The third-order valence-electron chi connectivity index (χ3n) is 4.03. The van der Waals surface area contributed by atoms with E-state index in [2.05, 4.69) is 5.32 Å². The van der Waals surface area contributed by atoms with Crippen LogP contribution in [0, 0.1) is 0 Å². The summed E-state index contributed by atoms with van der Waals surface area (Å²) >= 11 is 0. The molecule has 2 N–H and O–H groups in total. The highest BCUT2D eigenvalue weighted by Crippen LogP contribution is 2.30. The molecule has 0 spiro atoms. The van der Waals surface area contributed by atoms with Crippen LogP contribution in [0.1, 0.15) is 30.6 Å². The lowest BCUT2D eigenvalue weighted by Crippen LogP contribution is -2.29. The molecule has 1 aromatic heterocycles. The van der Waals surface area contributed by atoms with Crippen molar-refractivity contribution in [3.63, 3.8) is 0 Å². The van der Waals surface area contributed by atoms with Crippen molar-refractivity contribution in [3.05, 3.63) is 39.7 Å². The number of fused-ring (bicyclic) bond motifs is 3. The molecule has 1 atom stereocenters. The van der Waals surface area contributed by atoms with E-state index in [0.29, 0.717) is 0 Å². The summed E-state index contributed by atoms with van der Waals surface area (Å²) in [5, 5.41) is 14.1. The molecule has 112 valence electrons. The number of aliphatic hydroxyl groups excluding tert-OH is 1. The number of aliphatic hydroxyl groups is 1. The number of ether oxygens (including phenoxy) is 1. The van der Waals surface area contributed by atoms with Crippen LogP contribution in [0.3, 0.4) is 0 Å². The number of nitrogens with one attached hydrogen (secondary N) is 1. The summed E-state index contributed by atoms with van der Waals surface area (Å²) in [6, 6.07) is 5.75. The van der Waals surface area contributed by atoms with E-state index in [4.69, 9.17) is 4.74 Å². The third kappa shape index (κ3) is 2.32. The number of nitrogens with zero attached hydrogens (tertiary/aromatic N) is 1. The summed E-state index contributed by atoms with van der Waals surface area (Å²) in [5.74, 6) is 0. The van der Waals surface area contributed by atoms with Gasteiger partial charge in [-0.3, -0.25) is 9.36 Å². The van der Waals surface area contributed by atoms with Gasteiger partial charge in [0.15, 0.2) is 0 Å². The van der Waals surface area contributed by atoms with Crippen LogP contribution in [-0.4, -0.2) is 23.3 Å². The van der Waals surface area contributed by atoms with Gasteiger partial charge in [0.2, 0.25) is 0 Å². The second-order valence-corrected chi connectivity index (χ2v) is 5.49. The van der Waals surface area contributed by atoms with Crippen molar-refractivity contribution in [3.8, 4) is 0 Å². The number of pyridine rings is 1. The second kappa shape index (κ2) is 5.50. The van der Waals surface area contributed by atoms with E-state index in [1.807, 2.05) is 18.2 Å². The molecule has 0 bridgehead atoms. The second-order valence-electron chi connectivity index (χ2n) is 5.49. The quantitative estimate of drug-likeness (QED) is 0.907. The Balaban J connectivity index is 2.36. The molecule has 2 heterocycles. The topological polar surface area (TPSA) is 63.5 Å². The molecular weight excluding hydrogens is 268 g/mol. The lowest BCUT2D eigenvalue weighted by Gasteiger charge is -2.22. The van der Waals surface area contributed by atoms with Gasteiger partial charge in [-0.2, -0.15) is 0 Å². The molecule has 3 rings (SSSR count). The van der Waals surface area contributed by atoms with E-state index in [1.54, 1.807) is 18.6 Å². The molecule has 0 fully saturated rings. The summed E-state index contributed by atoms with van der Waals surface area (Å²) in [6.45, 7) is 2.82. The minimum atomic E-state index is -0.565. The van der Waals surface area contributed by atoms with Crippen molar-refractivity contribution < 1.29 is 9.84 Å². The number of rotatable bonds is 3. The van der Waals surface area contributed by atoms with Crippen molar-refractivity contribution in [1.82, 2.24) is 4.57 Å². The highest BCUT2D eigenvalue weighted by atomic mass is 16.5. The van der Waals surface area contributed by atoms with Crippen LogP contribution in [0.5, 0.6) is 0 Å². The summed E-state index contributed by atoms with van der Waals surface area (Å²) < 4.78 is 6.83. The third-order valence-corrected chi connectivity index (χ3v) is 4.03. The number of benzene rings is 1. The van der Waals surface area contributed by atoms with Crippen molar-refractivity contribution in [2.75, 3.05) is 19.0 Å². The minimum Gasteiger partial charge on any atom is -0.389 e. The van der Waals surface area contributed by atoms with Gasteiger partial charge in [0.25, 0.3) is 5.56 Å². The molecule has 5 heteroatoms. The number of aromatic nitrogens is 1. The molecular formula is C16H20N2O3. The highest BCUT2D eigenvalue weighted by molar-refractivity contribution is 5.94. The Kier molecular flexibility index (Phi) is 3.69. The van der Waals surface area contributed by atoms with E-state index < -0.39 is 6.10 Å². The Bertz CT molecular complexity index is 734. The molecule has 1 unspecified atom stereocenters. The average molecular weight is 288 g/mol. The van der Waals surface area contributed by atoms with Crippen LogP contribution in [0.15, 0.2) is 23.0 Å². The molecule has 1 aliphatic heterocycles. The molecule has 0 aliphatic carbocycles. The first-order valence-corrected chi connectivity index (χ1v) is 7.23. The molecule has 1 aliphatic rings. The van der Waals surface area contributed by atoms with Crippen LogP contribution in [0.25, 0.3) is 10.9 Å². The molecule has 5 nitrogen and oxygen atoms in total. The number of hydrogen-bond acceptors (Lipinski definition) is 4. The molecule has 0 radical (unpaired) electrons. The van der Waals surface area contributed by atoms with Gasteiger partial charge in [0.05, 0.1) is 17.3 Å². The number of hydrogen-bond donors (Lipinski definition) is 2. The molecule has 1 aromatic carbocycles. The fraction of sp³-hybridized carbons (Fsp3) is 0.438. The SMILES string of the molecule is COCn1c(=O)c2c(c3ccc(C(C)O)cc31)NCCC2. The standard InChI is InChI=1S/C16H20N2O3/c1-10(19)11-5-6-12-14(8-11)18(9-21-2)16(20)13-4-3-7-17-15(12)13/h5-6,8,10,17,19H,3-4,7,9H2,1-2H3. The summed E-state index contributed by atoms with van der Waals surface area (Å²) in [5.41, 5.74) is 3.35. The van der Waals surface area contributed by atoms with Crippen LogP contribution in [-0.2, 0) is 17.9 Å². The first-order chi connectivity index (χ1) is 10.1. The molecule has 0 saturated carbocycles. The minimum absolute atomic E-state index is 0.00528. The van der Waals surface area contributed by atoms with Gasteiger partial charge in [-0.05, 0) is 31.4 Å². The van der Waals surface area contributed by atoms with Crippen LogP contribution >= 0.6 is 0 Å². The van der Waals surface area contributed by atoms with Gasteiger partial charge in [-0.15, -0.1) is 0 Å². The largest absolute Gasteiger partial charge is 0.389 e. The van der Waals surface area contributed by atoms with Crippen molar-refractivity contribution in [2.45, 2.75) is 32.6 Å². The van der Waals surface area contributed by atoms with Crippen molar-refractivity contribution in [2.24, 2.45) is 0 Å². The van der Waals surface area contributed by atoms with Gasteiger partial charge >= 0.3 is 0 Å². The fourth-order valence-corrected chi connectivity index (χ4v) is 2.95. The van der Waals surface area contributed by atoms with Crippen molar-refractivity contribution >= 4 is 16.6 Å². The number of anilines is 1. The van der Waals surface area contributed by atoms with E-state index in [0.717, 1.165) is 47.1 Å². The van der Waals surface area contributed by atoms with Crippen LogP contribution < -0.4 is 10.9 Å². The fourth-order valence-electron chi connectivity index (χ4n) is 2.95. The van der Waals surface area contributed by atoms with Gasteiger partial charge < -0.3 is 15.2 Å². The lowest BCUT2D eigenvalue weighted by atomic mass is 9.99. The molecule has 2 aromatic rings. The van der Waals surface area contributed by atoms with Gasteiger partial charge in [-0.25, -0.2) is 0 Å². The zero-order chi connectivity index (χ0) is 15.0.